The molecule has 0 spiro atoms. The molecule has 0 aliphatic carbocycles. The van der Waals surface area contributed by atoms with Crippen molar-refractivity contribution in [1.82, 2.24) is 15.5 Å². The van der Waals surface area contributed by atoms with Gasteiger partial charge < -0.3 is 30.1 Å². The second-order valence-electron chi connectivity index (χ2n) is 8.82. The van der Waals surface area contributed by atoms with Gasteiger partial charge >= 0.3 is 5.97 Å². The Labute approximate surface area is 235 Å². The van der Waals surface area contributed by atoms with Crippen LogP contribution in [0.5, 0.6) is 11.5 Å². The highest BCUT2D eigenvalue weighted by Gasteiger charge is 2.27. The number of hydrogen-bond donors (Lipinski definition) is 3. The number of unbranched alkanes of at least 4 members (excludes halogenated alkanes) is 1. The molecule has 2 rings (SSSR count). The molecule has 2 aromatic carbocycles. The van der Waals surface area contributed by atoms with E-state index in [0.29, 0.717) is 13.0 Å². The molecule has 38 heavy (non-hydrogen) atoms. The van der Waals surface area contributed by atoms with Crippen LogP contribution >= 0.6 is 23.2 Å². The fourth-order valence-corrected chi connectivity index (χ4v) is 4.42. The summed E-state index contributed by atoms with van der Waals surface area (Å²) >= 11 is 12.6. The van der Waals surface area contributed by atoms with Gasteiger partial charge in [0.2, 0.25) is 0 Å². The lowest BCUT2D eigenvalue weighted by Gasteiger charge is -2.20. The number of ether oxygens (including phenoxy) is 2. The van der Waals surface area contributed by atoms with Crippen LogP contribution in [0, 0.1) is 0 Å². The zero-order valence-electron chi connectivity index (χ0n) is 22.4. The van der Waals surface area contributed by atoms with Crippen LogP contribution in [0.25, 0.3) is 0 Å². The molecule has 0 heterocycles. The van der Waals surface area contributed by atoms with Crippen LogP contribution in [-0.4, -0.2) is 74.4 Å². The Morgan fingerprint density at radius 3 is 2.42 bits per heavy atom. The van der Waals surface area contributed by atoms with Gasteiger partial charge in [0.1, 0.15) is 11.1 Å². The van der Waals surface area contributed by atoms with Crippen LogP contribution < -0.4 is 15.4 Å². The van der Waals surface area contributed by atoms with Gasteiger partial charge in [0.05, 0.1) is 23.8 Å². The Balaban J connectivity index is 2.12. The molecule has 0 fully saturated rings. The van der Waals surface area contributed by atoms with E-state index in [1.165, 1.54) is 6.07 Å². The van der Waals surface area contributed by atoms with Crippen LogP contribution in [0.3, 0.4) is 0 Å². The molecule has 2 aromatic rings. The van der Waals surface area contributed by atoms with Crippen molar-refractivity contribution < 1.29 is 24.2 Å². The summed E-state index contributed by atoms with van der Waals surface area (Å²) in [5, 5.41) is 16.3. The first kappa shape index (κ1) is 31.7. The number of amides is 1. The first-order valence-corrected chi connectivity index (χ1v) is 13.8. The Kier molecular flexibility index (Phi) is 14.3. The molecule has 0 aliphatic rings. The molecule has 0 unspecified atom stereocenters. The van der Waals surface area contributed by atoms with Crippen LogP contribution in [0.2, 0.25) is 10.0 Å². The molecule has 0 saturated heterocycles. The summed E-state index contributed by atoms with van der Waals surface area (Å²) in [7, 11) is 1.87. The van der Waals surface area contributed by atoms with Crippen molar-refractivity contribution in [2.75, 3.05) is 46.4 Å². The number of phenols is 1. The van der Waals surface area contributed by atoms with Gasteiger partial charge in [-0.3, -0.25) is 4.79 Å². The summed E-state index contributed by atoms with van der Waals surface area (Å²) in [6, 6.07) is 9.62. The largest absolute Gasteiger partial charge is 0.505 e. The molecule has 0 radical (unpaired) electrons. The summed E-state index contributed by atoms with van der Waals surface area (Å²) in [5.41, 5.74) is 0.690. The lowest BCUT2D eigenvalue weighted by Crippen LogP contribution is -2.43. The molecule has 210 valence electrons. The maximum Gasteiger partial charge on any atom is 0.328 e. The number of aromatic hydroxyl groups is 1. The second-order valence-corrected chi connectivity index (χ2v) is 9.61. The van der Waals surface area contributed by atoms with E-state index < -0.39 is 23.7 Å². The first-order valence-electron chi connectivity index (χ1n) is 13.0. The standard InChI is InChI=1S/C28H39Cl2N3O5/c1-4-33(5-2)15-11-17-38-28(36)23(18-20-12-7-6-8-13-20)32-27(35)21-19-22(29)26(24(30)25(21)34)37-16-10-9-14-31-3/h6-8,12-13,19,23,31,34H,4-5,9-11,14-18H2,1-3H3,(H,32,35)/t23-/m0/s1. The van der Waals surface area contributed by atoms with Crippen molar-refractivity contribution in [3.63, 3.8) is 0 Å². The number of benzene rings is 2. The number of halogens is 2. The third-order valence-electron chi connectivity index (χ3n) is 6.09. The molecule has 1 amide bonds. The Hall–Kier alpha value is -2.52. The molecule has 0 bridgehead atoms. The lowest BCUT2D eigenvalue weighted by atomic mass is 10.1. The minimum Gasteiger partial charge on any atom is -0.505 e. The Morgan fingerprint density at radius 2 is 1.76 bits per heavy atom. The van der Waals surface area contributed by atoms with Gasteiger partial charge in [-0.05, 0) is 57.6 Å². The minimum absolute atomic E-state index is 0.0881. The summed E-state index contributed by atoms with van der Waals surface area (Å²) in [6.07, 6.45) is 2.56. The summed E-state index contributed by atoms with van der Waals surface area (Å²) in [5.74, 6) is -1.61. The van der Waals surface area contributed by atoms with Crippen molar-refractivity contribution in [2.45, 2.75) is 45.6 Å². The van der Waals surface area contributed by atoms with Crippen molar-refractivity contribution in [2.24, 2.45) is 0 Å². The zero-order valence-corrected chi connectivity index (χ0v) is 23.9. The topological polar surface area (TPSA) is 100 Å². The molecule has 3 N–H and O–H groups in total. The minimum atomic E-state index is -0.974. The molecule has 10 heteroatoms. The third-order valence-corrected chi connectivity index (χ3v) is 6.72. The number of rotatable bonds is 17. The normalized spacial score (nSPS) is 11.8. The average molecular weight is 569 g/mol. The predicted molar refractivity (Wildman–Crippen MR) is 152 cm³/mol. The van der Waals surface area contributed by atoms with E-state index in [1.807, 2.05) is 37.4 Å². The quantitative estimate of drug-likeness (QED) is 0.188. The Bertz CT molecular complexity index is 1020. The molecule has 0 aromatic heterocycles. The smallest absolute Gasteiger partial charge is 0.328 e. The van der Waals surface area contributed by atoms with Gasteiger partial charge in [0, 0.05) is 13.0 Å². The maximum atomic E-state index is 13.2. The van der Waals surface area contributed by atoms with E-state index in [0.717, 1.165) is 44.6 Å². The van der Waals surface area contributed by atoms with E-state index in [-0.39, 0.29) is 34.4 Å². The SMILES string of the molecule is CCN(CC)CCCOC(=O)[C@H](Cc1ccccc1)NC(=O)c1cc(Cl)c(OCCCCNC)c(Cl)c1O. The molecular weight excluding hydrogens is 529 g/mol. The number of carbonyl (C=O) groups excluding carboxylic acids is 2. The van der Waals surface area contributed by atoms with E-state index in [2.05, 4.69) is 29.4 Å². The Morgan fingerprint density at radius 1 is 1.05 bits per heavy atom. The summed E-state index contributed by atoms with van der Waals surface area (Å²) < 4.78 is 11.2. The lowest BCUT2D eigenvalue weighted by molar-refractivity contribution is -0.146. The number of nitrogens with one attached hydrogen (secondary N) is 2. The van der Waals surface area contributed by atoms with Crippen LogP contribution in [0.4, 0.5) is 0 Å². The fourth-order valence-electron chi connectivity index (χ4n) is 3.86. The monoisotopic (exact) mass is 567 g/mol. The highest BCUT2D eigenvalue weighted by Crippen LogP contribution is 2.42. The highest BCUT2D eigenvalue weighted by atomic mass is 35.5. The first-order chi connectivity index (χ1) is 18.3. The van der Waals surface area contributed by atoms with Crippen LogP contribution in [-0.2, 0) is 16.0 Å². The van der Waals surface area contributed by atoms with E-state index in [9.17, 15) is 14.7 Å². The number of hydrogen-bond acceptors (Lipinski definition) is 7. The van der Waals surface area contributed by atoms with Crippen molar-refractivity contribution in [1.29, 1.82) is 0 Å². The molecule has 0 saturated carbocycles. The predicted octanol–water partition coefficient (Wildman–Crippen LogP) is 4.69. The van der Waals surface area contributed by atoms with Gasteiger partial charge in [0.15, 0.2) is 11.5 Å². The molecule has 0 aliphatic heterocycles. The van der Waals surface area contributed by atoms with Gasteiger partial charge in [-0.25, -0.2) is 4.79 Å². The van der Waals surface area contributed by atoms with Crippen molar-refractivity contribution in [3.05, 3.63) is 57.6 Å². The van der Waals surface area contributed by atoms with Crippen molar-refractivity contribution >= 4 is 35.1 Å². The molecular formula is C28H39Cl2N3O5. The highest BCUT2D eigenvalue weighted by molar-refractivity contribution is 6.39. The fraction of sp³-hybridized carbons (Fsp3) is 0.500. The number of esters is 1. The van der Waals surface area contributed by atoms with Crippen LogP contribution in [0.1, 0.15) is 49.0 Å². The van der Waals surface area contributed by atoms with E-state index >= 15 is 0 Å². The third kappa shape index (κ3) is 9.98. The van der Waals surface area contributed by atoms with E-state index in [4.69, 9.17) is 32.7 Å². The zero-order chi connectivity index (χ0) is 27.9. The van der Waals surface area contributed by atoms with Crippen LogP contribution in [0.15, 0.2) is 36.4 Å². The summed E-state index contributed by atoms with van der Waals surface area (Å²) in [4.78, 5) is 28.4. The van der Waals surface area contributed by atoms with E-state index in [1.54, 1.807) is 0 Å². The molecule has 8 nitrogen and oxygen atoms in total. The average Bonchev–Trinajstić information content (AvgIpc) is 2.92. The molecule has 1 atom stereocenters. The number of carbonyl (C=O) groups is 2. The second kappa shape index (κ2) is 17.1. The van der Waals surface area contributed by atoms with Gasteiger partial charge in [-0.1, -0.05) is 67.4 Å². The number of phenolic OH excluding ortho intramolecular Hbond substituents is 1. The summed E-state index contributed by atoms with van der Waals surface area (Å²) in [6.45, 7) is 8.25. The van der Waals surface area contributed by atoms with Gasteiger partial charge in [-0.15, -0.1) is 0 Å². The number of nitrogens with zero attached hydrogens (tertiary/aromatic N) is 1. The van der Waals surface area contributed by atoms with Gasteiger partial charge in [0.25, 0.3) is 5.91 Å². The van der Waals surface area contributed by atoms with Crippen molar-refractivity contribution in [3.8, 4) is 11.5 Å². The van der Waals surface area contributed by atoms with Gasteiger partial charge in [-0.2, -0.15) is 0 Å². The maximum absolute atomic E-state index is 13.2.